The van der Waals surface area contributed by atoms with Crippen LogP contribution in [0.3, 0.4) is 0 Å². The average Bonchev–Trinajstić information content (AvgIpc) is 3.22. The molecule has 3 aromatic heterocycles. The second-order valence-corrected chi connectivity index (χ2v) is 6.32. The van der Waals surface area contributed by atoms with Gasteiger partial charge in [-0.25, -0.2) is 4.98 Å². The summed E-state index contributed by atoms with van der Waals surface area (Å²) in [5.74, 6) is 1.37. The van der Waals surface area contributed by atoms with E-state index in [1.807, 2.05) is 25.4 Å². The minimum Gasteiger partial charge on any atom is -0.385 e. The third kappa shape index (κ3) is 2.65. The average molecular weight is 339 g/mol. The molecular formula is C16H17N7S. The van der Waals surface area contributed by atoms with Crippen molar-refractivity contribution in [1.29, 1.82) is 0 Å². The number of nitrogens with one attached hydrogen (secondary N) is 2. The van der Waals surface area contributed by atoms with Gasteiger partial charge < -0.3 is 15.5 Å². The largest absolute Gasteiger partial charge is 0.385 e. The Kier molecular flexibility index (Phi) is 3.73. The lowest BCUT2D eigenvalue weighted by atomic mass is 10.2. The number of likely N-dealkylation sites (N-methyl/N-ethyl adjacent to an activating group) is 1. The number of pyridine rings is 2. The van der Waals surface area contributed by atoms with E-state index in [9.17, 15) is 0 Å². The number of nitrogens with zero attached hydrogens (tertiary/aromatic N) is 5. The quantitative estimate of drug-likeness (QED) is 0.756. The van der Waals surface area contributed by atoms with E-state index in [-0.39, 0.29) is 0 Å². The summed E-state index contributed by atoms with van der Waals surface area (Å²) in [6, 6.07) is 5.92. The summed E-state index contributed by atoms with van der Waals surface area (Å²) in [5.41, 5.74) is 4.21. The maximum Gasteiger partial charge on any atom is 0.208 e. The van der Waals surface area contributed by atoms with Gasteiger partial charge in [0.2, 0.25) is 5.13 Å². The molecule has 0 atom stereocenters. The molecule has 0 unspecified atom stereocenters. The Morgan fingerprint density at radius 2 is 2.21 bits per heavy atom. The minimum absolute atomic E-state index is 0.641. The molecule has 0 radical (unpaired) electrons. The number of rotatable bonds is 4. The van der Waals surface area contributed by atoms with Gasteiger partial charge in [0.05, 0.1) is 17.6 Å². The van der Waals surface area contributed by atoms with Crippen LogP contribution < -0.4 is 15.5 Å². The van der Waals surface area contributed by atoms with Crippen LogP contribution in [0.15, 0.2) is 30.6 Å². The van der Waals surface area contributed by atoms with E-state index in [1.54, 1.807) is 6.20 Å². The first-order valence-electron chi connectivity index (χ1n) is 7.68. The van der Waals surface area contributed by atoms with Crippen molar-refractivity contribution in [1.82, 2.24) is 19.3 Å². The van der Waals surface area contributed by atoms with Crippen LogP contribution in [0.2, 0.25) is 0 Å². The van der Waals surface area contributed by atoms with E-state index in [0.717, 1.165) is 30.2 Å². The van der Waals surface area contributed by atoms with Crippen LogP contribution >= 0.6 is 11.5 Å². The highest BCUT2D eigenvalue weighted by molar-refractivity contribution is 7.09. The SMILES string of the molecule is CNc1cccnc1Nc1nc(-c2cc3c(cn2)N(C)CC3)ns1. The van der Waals surface area contributed by atoms with Crippen LogP contribution in [0.25, 0.3) is 11.5 Å². The number of hydrogen-bond acceptors (Lipinski definition) is 8. The summed E-state index contributed by atoms with van der Waals surface area (Å²) in [6.45, 7) is 1.03. The number of fused-ring (bicyclic) bond motifs is 1. The molecule has 3 aromatic rings. The van der Waals surface area contributed by atoms with Gasteiger partial charge >= 0.3 is 0 Å². The Bertz CT molecular complexity index is 876. The van der Waals surface area contributed by atoms with E-state index in [2.05, 4.69) is 48.0 Å². The molecule has 1 aliphatic rings. The molecule has 0 saturated heterocycles. The molecular weight excluding hydrogens is 322 g/mol. The van der Waals surface area contributed by atoms with Crippen molar-refractivity contribution in [3.05, 3.63) is 36.2 Å². The zero-order valence-corrected chi connectivity index (χ0v) is 14.3. The third-order valence-electron chi connectivity index (χ3n) is 4.05. The molecule has 1 aliphatic heterocycles. The lowest BCUT2D eigenvalue weighted by Crippen LogP contribution is -2.12. The highest BCUT2D eigenvalue weighted by Crippen LogP contribution is 2.30. The molecule has 8 heteroatoms. The fourth-order valence-corrected chi connectivity index (χ4v) is 3.33. The molecule has 0 bridgehead atoms. The zero-order chi connectivity index (χ0) is 16.5. The van der Waals surface area contributed by atoms with Crippen molar-refractivity contribution in [2.24, 2.45) is 0 Å². The van der Waals surface area contributed by atoms with E-state index < -0.39 is 0 Å². The van der Waals surface area contributed by atoms with Crippen molar-refractivity contribution < 1.29 is 0 Å². The Labute approximate surface area is 144 Å². The molecule has 4 rings (SSSR count). The van der Waals surface area contributed by atoms with Gasteiger partial charge in [-0.1, -0.05) is 0 Å². The first-order valence-corrected chi connectivity index (χ1v) is 8.46. The first-order chi connectivity index (χ1) is 11.7. The second kappa shape index (κ2) is 6.04. The smallest absolute Gasteiger partial charge is 0.208 e. The molecule has 24 heavy (non-hydrogen) atoms. The predicted molar refractivity (Wildman–Crippen MR) is 97.2 cm³/mol. The molecule has 2 N–H and O–H groups in total. The Hall–Kier alpha value is -2.74. The van der Waals surface area contributed by atoms with Crippen molar-refractivity contribution in [3.63, 3.8) is 0 Å². The van der Waals surface area contributed by atoms with E-state index in [0.29, 0.717) is 11.0 Å². The fourth-order valence-electron chi connectivity index (χ4n) is 2.75. The highest BCUT2D eigenvalue weighted by atomic mass is 32.1. The lowest BCUT2D eigenvalue weighted by molar-refractivity contribution is 0.955. The molecule has 0 aliphatic carbocycles. The van der Waals surface area contributed by atoms with Gasteiger partial charge in [0.25, 0.3) is 0 Å². The molecule has 0 fully saturated rings. The van der Waals surface area contributed by atoms with Crippen LogP contribution in [0, 0.1) is 0 Å². The molecule has 7 nitrogen and oxygen atoms in total. The maximum absolute atomic E-state index is 4.55. The summed E-state index contributed by atoms with van der Waals surface area (Å²) in [5, 5.41) is 7.00. The summed E-state index contributed by atoms with van der Waals surface area (Å²) in [6.07, 6.45) is 4.68. The van der Waals surface area contributed by atoms with Crippen LogP contribution in [0.4, 0.5) is 22.3 Å². The van der Waals surface area contributed by atoms with Gasteiger partial charge in [0.1, 0.15) is 5.69 Å². The molecule has 122 valence electrons. The Morgan fingerprint density at radius 1 is 1.29 bits per heavy atom. The zero-order valence-electron chi connectivity index (χ0n) is 13.4. The van der Waals surface area contributed by atoms with Gasteiger partial charge in [0, 0.05) is 38.4 Å². The molecule has 0 spiro atoms. The fraction of sp³-hybridized carbons (Fsp3) is 0.250. The van der Waals surface area contributed by atoms with Gasteiger partial charge in [-0.3, -0.25) is 4.98 Å². The second-order valence-electron chi connectivity index (χ2n) is 5.57. The Balaban J connectivity index is 1.59. The van der Waals surface area contributed by atoms with Gasteiger partial charge in [0.15, 0.2) is 11.6 Å². The predicted octanol–water partition coefficient (Wildman–Crippen LogP) is 2.77. The summed E-state index contributed by atoms with van der Waals surface area (Å²) >= 11 is 1.30. The normalized spacial score (nSPS) is 13.0. The number of anilines is 4. The first kappa shape index (κ1) is 14.8. The van der Waals surface area contributed by atoms with Crippen LogP contribution in [-0.2, 0) is 6.42 Å². The maximum atomic E-state index is 4.55. The van der Waals surface area contributed by atoms with Crippen molar-refractivity contribution in [2.75, 3.05) is 36.2 Å². The monoisotopic (exact) mass is 339 g/mol. The topological polar surface area (TPSA) is 78.9 Å². The lowest BCUT2D eigenvalue weighted by Gasteiger charge is -2.10. The van der Waals surface area contributed by atoms with Gasteiger partial charge in [-0.05, 0) is 30.2 Å². The van der Waals surface area contributed by atoms with Crippen molar-refractivity contribution >= 4 is 33.9 Å². The van der Waals surface area contributed by atoms with Crippen LogP contribution in [0.5, 0.6) is 0 Å². The number of hydrogen-bond donors (Lipinski definition) is 2. The standard InChI is InChI=1S/C16H17N7S/c1-17-11-4-3-6-18-14(11)20-16-21-15(22-24-16)12-8-10-5-7-23(2)13(10)9-19-12/h3-4,6,8-9,17H,5,7H2,1-2H3,(H,18,20,21,22). The van der Waals surface area contributed by atoms with Gasteiger partial charge in [-0.2, -0.15) is 9.36 Å². The van der Waals surface area contributed by atoms with Crippen LogP contribution in [0.1, 0.15) is 5.56 Å². The highest BCUT2D eigenvalue weighted by Gasteiger charge is 2.18. The summed E-state index contributed by atoms with van der Waals surface area (Å²) in [4.78, 5) is 15.6. The molecule has 4 heterocycles. The van der Waals surface area contributed by atoms with Crippen molar-refractivity contribution in [3.8, 4) is 11.5 Å². The minimum atomic E-state index is 0.641. The summed E-state index contributed by atoms with van der Waals surface area (Å²) < 4.78 is 4.43. The number of aromatic nitrogens is 4. The van der Waals surface area contributed by atoms with E-state index in [4.69, 9.17) is 0 Å². The molecule has 0 saturated carbocycles. The summed E-state index contributed by atoms with van der Waals surface area (Å²) in [7, 11) is 3.95. The van der Waals surface area contributed by atoms with Crippen molar-refractivity contribution in [2.45, 2.75) is 6.42 Å². The molecule has 0 aromatic carbocycles. The molecule has 0 amide bonds. The third-order valence-corrected chi connectivity index (χ3v) is 4.68. The van der Waals surface area contributed by atoms with Gasteiger partial charge in [-0.15, -0.1) is 0 Å². The Morgan fingerprint density at radius 3 is 3.08 bits per heavy atom. The van der Waals surface area contributed by atoms with E-state index in [1.165, 1.54) is 22.8 Å². The van der Waals surface area contributed by atoms with E-state index >= 15 is 0 Å². The van der Waals surface area contributed by atoms with Crippen LogP contribution in [-0.4, -0.2) is 40.0 Å².